The first kappa shape index (κ1) is 12.5. The molecule has 0 unspecified atom stereocenters. The summed E-state index contributed by atoms with van der Waals surface area (Å²) in [6, 6.07) is 3.69. The van der Waals surface area contributed by atoms with Crippen molar-refractivity contribution in [2.45, 2.75) is 20.4 Å². The summed E-state index contributed by atoms with van der Waals surface area (Å²) in [6.07, 6.45) is 0. The van der Waals surface area contributed by atoms with Gasteiger partial charge >= 0.3 is 0 Å². The predicted molar refractivity (Wildman–Crippen MR) is 65.1 cm³/mol. The van der Waals surface area contributed by atoms with Crippen LogP contribution in [0.4, 0.5) is 4.39 Å². The highest BCUT2D eigenvalue weighted by atomic mass is 19.1. The summed E-state index contributed by atoms with van der Waals surface area (Å²) < 4.78 is 13.4. The van der Waals surface area contributed by atoms with E-state index in [0.717, 1.165) is 11.5 Å². The minimum Gasteiger partial charge on any atom is -0.359 e. The average Bonchev–Trinajstić information content (AvgIpc) is 2.27. The zero-order valence-electron chi connectivity index (χ0n) is 10.2. The molecule has 16 heavy (non-hydrogen) atoms. The number of guanidine groups is 1. The maximum Gasteiger partial charge on any atom is 0.190 e. The van der Waals surface area contributed by atoms with Crippen LogP contribution in [0, 0.1) is 19.7 Å². The number of hydrogen-bond donors (Lipinski definition) is 2. The van der Waals surface area contributed by atoms with Gasteiger partial charge < -0.3 is 10.6 Å². The Hall–Kier alpha value is -1.58. The Bertz CT molecular complexity index is 376. The molecule has 0 atom stereocenters. The second-order valence-corrected chi connectivity index (χ2v) is 3.72. The highest BCUT2D eigenvalue weighted by Crippen LogP contribution is 2.14. The van der Waals surface area contributed by atoms with Crippen LogP contribution in [0.15, 0.2) is 17.1 Å². The Morgan fingerprint density at radius 2 is 1.88 bits per heavy atom. The summed E-state index contributed by atoms with van der Waals surface area (Å²) in [7, 11) is 3.51. The molecule has 0 bridgehead atoms. The number of nitrogens with zero attached hydrogens (tertiary/aromatic N) is 1. The predicted octanol–water partition coefficient (Wildman–Crippen LogP) is 1.74. The molecule has 88 valence electrons. The molecule has 0 aliphatic heterocycles. The van der Waals surface area contributed by atoms with Crippen molar-refractivity contribution < 1.29 is 4.39 Å². The molecular weight excluding hydrogens is 205 g/mol. The van der Waals surface area contributed by atoms with Gasteiger partial charge in [-0.2, -0.15) is 0 Å². The van der Waals surface area contributed by atoms with Gasteiger partial charge in [0.1, 0.15) is 5.82 Å². The van der Waals surface area contributed by atoms with E-state index in [9.17, 15) is 4.39 Å². The van der Waals surface area contributed by atoms with Crippen LogP contribution >= 0.6 is 0 Å². The molecule has 0 saturated heterocycles. The summed E-state index contributed by atoms with van der Waals surface area (Å²) in [5.74, 6) is 0.598. The SMILES string of the molecule is CN=C(NC)NCc1cc(C)c(F)c(C)c1. The molecule has 0 aliphatic carbocycles. The number of aryl methyl sites for hydroxylation is 2. The second-order valence-electron chi connectivity index (χ2n) is 3.72. The highest BCUT2D eigenvalue weighted by molar-refractivity contribution is 5.79. The molecule has 0 radical (unpaired) electrons. The van der Waals surface area contributed by atoms with Gasteiger partial charge in [0.15, 0.2) is 5.96 Å². The molecular formula is C12H18FN3. The van der Waals surface area contributed by atoms with Gasteiger partial charge in [-0.05, 0) is 30.5 Å². The van der Waals surface area contributed by atoms with Crippen LogP contribution < -0.4 is 10.6 Å². The molecule has 1 aromatic rings. The summed E-state index contributed by atoms with van der Waals surface area (Å²) in [5, 5.41) is 6.05. The molecule has 3 nitrogen and oxygen atoms in total. The fourth-order valence-electron chi connectivity index (χ4n) is 1.60. The van der Waals surface area contributed by atoms with Gasteiger partial charge in [-0.1, -0.05) is 12.1 Å². The lowest BCUT2D eigenvalue weighted by Crippen LogP contribution is -2.34. The number of halogens is 1. The monoisotopic (exact) mass is 223 g/mol. The fourth-order valence-corrected chi connectivity index (χ4v) is 1.60. The Morgan fingerprint density at radius 1 is 1.31 bits per heavy atom. The second kappa shape index (κ2) is 5.49. The van der Waals surface area contributed by atoms with Crippen molar-refractivity contribution in [2.24, 2.45) is 4.99 Å². The van der Waals surface area contributed by atoms with E-state index in [1.54, 1.807) is 27.9 Å². The Balaban J connectivity index is 2.76. The maximum atomic E-state index is 13.4. The summed E-state index contributed by atoms with van der Waals surface area (Å²) in [4.78, 5) is 4.00. The minimum atomic E-state index is -0.123. The third-order valence-electron chi connectivity index (χ3n) is 2.42. The van der Waals surface area contributed by atoms with Crippen molar-refractivity contribution >= 4 is 5.96 Å². The molecule has 0 aromatic heterocycles. The van der Waals surface area contributed by atoms with Crippen LogP contribution in [0.3, 0.4) is 0 Å². The fraction of sp³-hybridized carbons (Fsp3) is 0.417. The number of rotatable bonds is 2. The smallest absolute Gasteiger partial charge is 0.190 e. The standard InChI is InChI=1S/C12H18FN3/c1-8-5-10(6-9(2)11(8)13)7-16-12(14-3)15-4/h5-6H,7H2,1-4H3,(H2,14,15,16). The van der Waals surface area contributed by atoms with Crippen LogP contribution in [0.2, 0.25) is 0 Å². The molecule has 0 amide bonds. The van der Waals surface area contributed by atoms with Gasteiger partial charge in [-0.15, -0.1) is 0 Å². The number of hydrogen-bond acceptors (Lipinski definition) is 1. The van der Waals surface area contributed by atoms with E-state index in [2.05, 4.69) is 15.6 Å². The van der Waals surface area contributed by atoms with E-state index >= 15 is 0 Å². The van der Waals surface area contributed by atoms with Crippen LogP contribution in [-0.2, 0) is 6.54 Å². The molecule has 0 saturated carbocycles. The van der Waals surface area contributed by atoms with Gasteiger partial charge in [0.25, 0.3) is 0 Å². The lowest BCUT2D eigenvalue weighted by atomic mass is 10.1. The van der Waals surface area contributed by atoms with Crippen molar-refractivity contribution in [1.29, 1.82) is 0 Å². The molecule has 0 spiro atoms. The topological polar surface area (TPSA) is 36.4 Å². The van der Waals surface area contributed by atoms with Crippen molar-refractivity contribution in [3.63, 3.8) is 0 Å². The molecule has 0 aliphatic rings. The van der Waals surface area contributed by atoms with Crippen molar-refractivity contribution in [2.75, 3.05) is 14.1 Å². The van der Waals surface area contributed by atoms with Gasteiger partial charge in [0, 0.05) is 20.6 Å². The lowest BCUT2D eigenvalue weighted by molar-refractivity contribution is 0.608. The highest BCUT2D eigenvalue weighted by Gasteiger charge is 2.04. The minimum absolute atomic E-state index is 0.123. The third-order valence-corrected chi connectivity index (χ3v) is 2.42. The van der Waals surface area contributed by atoms with Crippen LogP contribution in [0.5, 0.6) is 0 Å². The maximum absolute atomic E-state index is 13.4. The van der Waals surface area contributed by atoms with Gasteiger partial charge in [-0.25, -0.2) is 4.39 Å². The molecule has 0 heterocycles. The van der Waals surface area contributed by atoms with Crippen LogP contribution in [0.1, 0.15) is 16.7 Å². The summed E-state index contributed by atoms with van der Waals surface area (Å²) in [6.45, 7) is 4.19. The van der Waals surface area contributed by atoms with E-state index in [-0.39, 0.29) is 5.82 Å². The van der Waals surface area contributed by atoms with Crippen LogP contribution in [-0.4, -0.2) is 20.1 Å². The molecule has 0 fully saturated rings. The number of nitrogens with one attached hydrogen (secondary N) is 2. The van der Waals surface area contributed by atoms with E-state index < -0.39 is 0 Å². The quantitative estimate of drug-likeness (QED) is 0.592. The Morgan fingerprint density at radius 3 is 2.31 bits per heavy atom. The summed E-state index contributed by atoms with van der Waals surface area (Å²) in [5.41, 5.74) is 2.40. The van der Waals surface area contributed by atoms with Crippen molar-refractivity contribution in [3.8, 4) is 0 Å². The van der Waals surface area contributed by atoms with Gasteiger partial charge in [0.05, 0.1) is 0 Å². The zero-order valence-corrected chi connectivity index (χ0v) is 10.2. The Labute approximate surface area is 95.8 Å². The van der Waals surface area contributed by atoms with Gasteiger partial charge in [0.2, 0.25) is 0 Å². The first-order chi connectivity index (χ1) is 7.58. The first-order valence-corrected chi connectivity index (χ1v) is 5.22. The van der Waals surface area contributed by atoms with Crippen molar-refractivity contribution in [3.05, 3.63) is 34.6 Å². The van der Waals surface area contributed by atoms with E-state index in [1.165, 1.54) is 0 Å². The van der Waals surface area contributed by atoms with E-state index in [0.29, 0.717) is 17.7 Å². The average molecular weight is 223 g/mol. The normalized spacial score (nSPS) is 11.4. The van der Waals surface area contributed by atoms with E-state index in [1.807, 2.05) is 12.1 Å². The number of benzene rings is 1. The van der Waals surface area contributed by atoms with E-state index in [4.69, 9.17) is 0 Å². The molecule has 1 rings (SSSR count). The lowest BCUT2D eigenvalue weighted by Gasteiger charge is -2.10. The van der Waals surface area contributed by atoms with Crippen molar-refractivity contribution in [1.82, 2.24) is 10.6 Å². The molecule has 1 aromatic carbocycles. The third kappa shape index (κ3) is 2.95. The largest absolute Gasteiger partial charge is 0.359 e. The molecule has 4 heteroatoms. The zero-order chi connectivity index (χ0) is 12.1. The van der Waals surface area contributed by atoms with Crippen LogP contribution in [0.25, 0.3) is 0 Å². The summed E-state index contributed by atoms with van der Waals surface area (Å²) >= 11 is 0. The Kier molecular flexibility index (Phi) is 4.28. The first-order valence-electron chi connectivity index (χ1n) is 5.22. The molecule has 2 N–H and O–H groups in total. The number of aliphatic imine (C=N–C) groups is 1. The van der Waals surface area contributed by atoms with Gasteiger partial charge in [-0.3, -0.25) is 4.99 Å².